The molecule has 1 saturated carbocycles. The lowest BCUT2D eigenvalue weighted by Gasteiger charge is -2.26. The van der Waals surface area contributed by atoms with Gasteiger partial charge in [0, 0.05) is 51.4 Å². The van der Waals surface area contributed by atoms with Gasteiger partial charge in [0.1, 0.15) is 0 Å². The van der Waals surface area contributed by atoms with Crippen molar-refractivity contribution in [3.8, 4) is 0 Å². The predicted molar refractivity (Wildman–Crippen MR) is 117 cm³/mol. The van der Waals surface area contributed by atoms with E-state index in [0.29, 0.717) is 19.0 Å². The standard InChI is InChI=1S/C22H35N5O2/c1-23-22(26-19-7-3-2-4-8-19)24-17-18-6-5-9-20(16-18)25-21(28)10-11-27-12-14-29-15-13-27/h5-6,9,16,19H,2-4,7-8,10-15,17H2,1H3,(H,25,28)(H2,23,24,26). The third-order valence-corrected chi connectivity index (χ3v) is 5.60. The number of amides is 1. The van der Waals surface area contributed by atoms with E-state index in [1.165, 1.54) is 32.1 Å². The quantitative estimate of drug-likeness (QED) is 0.483. The van der Waals surface area contributed by atoms with Crippen molar-refractivity contribution >= 4 is 17.6 Å². The summed E-state index contributed by atoms with van der Waals surface area (Å²) >= 11 is 0. The van der Waals surface area contributed by atoms with Crippen molar-refractivity contribution in [2.75, 3.05) is 45.2 Å². The first-order valence-electron chi connectivity index (χ1n) is 10.9. The van der Waals surface area contributed by atoms with Crippen LogP contribution in [0.15, 0.2) is 29.3 Å². The highest BCUT2D eigenvalue weighted by atomic mass is 16.5. The van der Waals surface area contributed by atoms with Gasteiger partial charge in [-0.05, 0) is 30.5 Å². The normalized spacial score (nSPS) is 19.0. The number of rotatable bonds is 7. The number of guanidine groups is 1. The number of hydrogen-bond acceptors (Lipinski definition) is 4. The summed E-state index contributed by atoms with van der Waals surface area (Å²) in [7, 11) is 1.81. The number of hydrogen-bond donors (Lipinski definition) is 3. The fourth-order valence-corrected chi connectivity index (χ4v) is 3.89. The molecule has 2 fully saturated rings. The van der Waals surface area contributed by atoms with E-state index in [1.807, 2.05) is 25.2 Å². The summed E-state index contributed by atoms with van der Waals surface area (Å²) in [6, 6.07) is 8.52. The van der Waals surface area contributed by atoms with Crippen LogP contribution in [0.2, 0.25) is 0 Å². The topological polar surface area (TPSA) is 78.0 Å². The van der Waals surface area contributed by atoms with Crippen molar-refractivity contribution in [3.63, 3.8) is 0 Å². The Bertz CT molecular complexity index is 667. The minimum Gasteiger partial charge on any atom is -0.379 e. The lowest BCUT2D eigenvalue weighted by molar-refractivity contribution is -0.116. The fraction of sp³-hybridized carbons (Fsp3) is 0.636. The maximum Gasteiger partial charge on any atom is 0.225 e. The Kier molecular flexibility index (Phi) is 8.77. The summed E-state index contributed by atoms with van der Waals surface area (Å²) < 4.78 is 5.34. The molecule has 0 spiro atoms. The molecule has 1 aliphatic carbocycles. The summed E-state index contributed by atoms with van der Waals surface area (Å²) in [6.45, 7) is 4.78. The Morgan fingerprint density at radius 1 is 1.21 bits per heavy atom. The Morgan fingerprint density at radius 3 is 2.76 bits per heavy atom. The van der Waals surface area contributed by atoms with Gasteiger partial charge in [0.15, 0.2) is 5.96 Å². The Morgan fingerprint density at radius 2 is 2.00 bits per heavy atom. The molecule has 1 aliphatic heterocycles. The number of carbonyl (C=O) groups excluding carboxylic acids is 1. The number of anilines is 1. The van der Waals surface area contributed by atoms with Crippen molar-refractivity contribution in [2.24, 2.45) is 4.99 Å². The molecular weight excluding hydrogens is 366 g/mol. The lowest BCUT2D eigenvalue weighted by atomic mass is 9.96. The zero-order valence-electron chi connectivity index (χ0n) is 17.6. The molecule has 1 aromatic carbocycles. The van der Waals surface area contributed by atoms with Crippen molar-refractivity contribution in [1.82, 2.24) is 15.5 Å². The highest BCUT2D eigenvalue weighted by molar-refractivity contribution is 5.90. The first-order chi connectivity index (χ1) is 14.2. The van der Waals surface area contributed by atoms with Crippen molar-refractivity contribution in [3.05, 3.63) is 29.8 Å². The summed E-state index contributed by atoms with van der Waals surface area (Å²) in [5.74, 6) is 0.897. The first-order valence-corrected chi connectivity index (χ1v) is 10.9. The number of ether oxygens (including phenoxy) is 1. The van der Waals surface area contributed by atoms with E-state index in [9.17, 15) is 4.79 Å². The van der Waals surface area contributed by atoms with E-state index >= 15 is 0 Å². The number of benzene rings is 1. The minimum absolute atomic E-state index is 0.0522. The molecular formula is C22H35N5O2. The van der Waals surface area contributed by atoms with Crippen LogP contribution in [0.4, 0.5) is 5.69 Å². The summed E-state index contributed by atoms with van der Waals surface area (Å²) in [6.07, 6.45) is 6.86. The smallest absolute Gasteiger partial charge is 0.225 e. The molecule has 1 saturated heterocycles. The van der Waals surface area contributed by atoms with E-state index in [-0.39, 0.29) is 5.91 Å². The van der Waals surface area contributed by atoms with Gasteiger partial charge in [0.2, 0.25) is 5.91 Å². The van der Waals surface area contributed by atoms with Gasteiger partial charge < -0.3 is 20.7 Å². The third kappa shape index (κ3) is 7.66. The number of morpholine rings is 1. The Hall–Kier alpha value is -2.12. The van der Waals surface area contributed by atoms with E-state index in [0.717, 1.165) is 50.1 Å². The van der Waals surface area contributed by atoms with Gasteiger partial charge in [-0.15, -0.1) is 0 Å². The zero-order chi connectivity index (χ0) is 20.3. The predicted octanol–water partition coefficient (Wildman–Crippen LogP) is 2.35. The second-order valence-electron chi connectivity index (χ2n) is 7.86. The van der Waals surface area contributed by atoms with Gasteiger partial charge in [-0.3, -0.25) is 14.7 Å². The number of carbonyl (C=O) groups is 1. The maximum absolute atomic E-state index is 12.3. The monoisotopic (exact) mass is 401 g/mol. The molecule has 1 aromatic rings. The van der Waals surface area contributed by atoms with E-state index in [2.05, 4.69) is 31.9 Å². The molecule has 0 atom stereocenters. The van der Waals surface area contributed by atoms with E-state index in [1.54, 1.807) is 0 Å². The van der Waals surface area contributed by atoms with Crippen LogP contribution in [-0.4, -0.2) is 62.7 Å². The van der Waals surface area contributed by atoms with Crippen molar-refractivity contribution < 1.29 is 9.53 Å². The van der Waals surface area contributed by atoms with Crippen LogP contribution >= 0.6 is 0 Å². The average Bonchev–Trinajstić information content (AvgIpc) is 2.77. The Labute approximate surface area is 174 Å². The van der Waals surface area contributed by atoms with Crippen LogP contribution in [0.1, 0.15) is 44.1 Å². The van der Waals surface area contributed by atoms with Gasteiger partial charge in [0.05, 0.1) is 13.2 Å². The second kappa shape index (κ2) is 11.8. The van der Waals surface area contributed by atoms with Crippen LogP contribution in [0, 0.1) is 0 Å². The molecule has 0 unspecified atom stereocenters. The molecule has 0 radical (unpaired) electrons. The molecule has 160 valence electrons. The average molecular weight is 402 g/mol. The first kappa shape index (κ1) is 21.6. The maximum atomic E-state index is 12.3. The number of nitrogens with zero attached hydrogens (tertiary/aromatic N) is 2. The van der Waals surface area contributed by atoms with Gasteiger partial charge in [-0.2, -0.15) is 0 Å². The molecule has 7 heteroatoms. The van der Waals surface area contributed by atoms with Crippen LogP contribution in [-0.2, 0) is 16.1 Å². The van der Waals surface area contributed by atoms with Crippen LogP contribution in [0.3, 0.4) is 0 Å². The third-order valence-electron chi connectivity index (χ3n) is 5.60. The molecule has 1 amide bonds. The summed E-state index contributed by atoms with van der Waals surface area (Å²) in [4.78, 5) is 18.9. The Balaban J connectivity index is 1.42. The van der Waals surface area contributed by atoms with Gasteiger partial charge in [0.25, 0.3) is 0 Å². The second-order valence-corrected chi connectivity index (χ2v) is 7.86. The van der Waals surface area contributed by atoms with Crippen molar-refractivity contribution in [1.29, 1.82) is 0 Å². The zero-order valence-corrected chi connectivity index (χ0v) is 17.6. The molecule has 2 aliphatic rings. The summed E-state index contributed by atoms with van der Waals surface area (Å²) in [5, 5.41) is 9.93. The van der Waals surface area contributed by atoms with Gasteiger partial charge >= 0.3 is 0 Å². The molecule has 29 heavy (non-hydrogen) atoms. The van der Waals surface area contributed by atoms with Gasteiger partial charge in [-0.1, -0.05) is 31.4 Å². The minimum atomic E-state index is 0.0522. The largest absolute Gasteiger partial charge is 0.379 e. The van der Waals surface area contributed by atoms with Crippen LogP contribution < -0.4 is 16.0 Å². The van der Waals surface area contributed by atoms with Crippen LogP contribution in [0.5, 0.6) is 0 Å². The molecule has 0 aromatic heterocycles. The molecule has 3 N–H and O–H groups in total. The lowest BCUT2D eigenvalue weighted by Crippen LogP contribution is -2.43. The van der Waals surface area contributed by atoms with E-state index in [4.69, 9.17) is 4.74 Å². The number of nitrogens with one attached hydrogen (secondary N) is 3. The molecule has 0 bridgehead atoms. The molecule has 7 nitrogen and oxygen atoms in total. The van der Waals surface area contributed by atoms with Crippen molar-refractivity contribution in [2.45, 2.75) is 51.1 Å². The molecule has 3 rings (SSSR count). The summed E-state index contributed by atoms with van der Waals surface area (Å²) in [5.41, 5.74) is 1.95. The van der Waals surface area contributed by atoms with Crippen LogP contribution in [0.25, 0.3) is 0 Å². The SMILES string of the molecule is CN=C(NCc1cccc(NC(=O)CCN2CCOCC2)c1)NC1CCCCC1. The fourth-order valence-electron chi connectivity index (χ4n) is 3.89. The highest BCUT2D eigenvalue weighted by Gasteiger charge is 2.15. The van der Waals surface area contributed by atoms with E-state index < -0.39 is 0 Å². The molecule has 1 heterocycles. The highest BCUT2D eigenvalue weighted by Crippen LogP contribution is 2.17. The number of aliphatic imine (C=N–C) groups is 1. The van der Waals surface area contributed by atoms with Gasteiger partial charge in [-0.25, -0.2) is 0 Å².